The van der Waals surface area contributed by atoms with Crippen molar-refractivity contribution in [2.45, 2.75) is 65.5 Å². The van der Waals surface area contributed by atoms with E-state index in [2.05, 4.69) is 20.9 Å². The van der Waals surface area contributed by atoms with Gasteiger partial charge in [-0.1, -0.05) is 6.07 Å². The lowest BCUT2D eigenvalue weighted by atomic mass is 9.88. The molecule has 1 aliphatic rings. The Kier molecular flexibility index (Phi) is 10.6. The Bertz CT molecular complexity index is 702. The quantitative estimate of drug-likeness (QED) is 0.200. The van der Waals surface area contributed by atoms with E-state index in [1.807, 2.05) is 33.8 Å². The summed E-state index contributed by atoms with van der Waals surface area (Å²) in [6.07, 6.45) is 3.99. The molecule has 1 amide bonds. The van der Waals surface area contributed by atoms with Gasteiger partial charge in [0.2, 0.25) is 0 Å². The van der Waals surface area contributed by atoms with Crippen LogP contribution in [0, 0.1) is 0 Å². The van der Waals surface area contributed by atoms with Crippen molar-refractivity contribution in [3.8, 4) is 5.75 Å². The highest BCUT2D eigenvalue weighted by Gasteiger charge is 2.17. The zero-order valence-electron chi connectivity index (χ0n) is 17.9. The number of fused-ring (bicyclic) bond motifs is 1. The van der Waals surface area contributed by atoms with Crippen LogP contribution in [0.25, 0.3) is 0 Å². The second-order valence-electron chi connectivity index (χ2n) is 7.96. The average Bonchev–Trinajstić information content (AvgIpc) is 2.62. The van der Waals surface area contributed by atoms with E-state index in [0.717, 1.165) is 31.4 Å². The van der Waals surface area contributed by atoms with Crippen LogP contribution in [0.5, 0.6) is 5.75 Å². The van der Waals surface area contributed by atoms with Crippen molar-refractivity contribution in [3.63, 3.8) is 0 Å². The Morgan fingerprint density at radius 3 is 2.52 bits per heavy atom. The summed E-state index contributed by atoms with van der Waals surface area (Å²) in [7, 11) is 0. The topological polar surface area (TPSA) is 95.0 Å². The maximum absolute atomic E-state index is 11.7. The van der Waals surface area contributed by atoms with E-state index >= 15 is 0 Å². The molecule has 0 radical (unpaired) electrons. The number of aliphatic imine (C=N–C) groups is 1. The maximum atomic E-state index is 11.7. The molecule has 0 spiro atoms. The van der Waals surface area contributed by atoms with Gasteiger partial charge >= 0.3 is 6.09 Å². The van der Waals surface area contributed by atoms with Crippen LogP contribution in [0.15, 0.2) is 17.1 Å². The highest BCUT2D eigenvalue weighted by atomic mass is 127. The van der Waals surface area contributed by atoms with Gasteiger partial charge in [-0.05, 0) is 70.6 Å². The maximum Gasteiger partial charge on any atom is 0.407 e. The Labute approximate surface area is 191 Å². The lowest BCUT2D eigenvalue weighted by Crippen LogP contribution is -2.42. The molecule has 0 fully saturated rings. The Morgan fingerprint density at radius 1 is 1.14 bits per heavy atom. The molecule has 1 aromatic carbocycles. The number of alkyl carbamates (subject to hydrolysis) is 1. The van der Waals surface area contributed by atoms with Crippen LogP contribution in [0.2, 0.25) is 0 Å². The second-order valence-corrected chi connectivity index (χ2v) is 7.96. The Morgan fingerprint density at radius 2 is 1.83 bits per heavy atom. The molecule has 0 saturated heterocycles. The molecule has 1 aromatic rings. The molecular formula is C21H35IN4O3. The number of nitrogens with zero attached hydrogens (tertiary/aromatic N) is 1. The SMILES string of the molecule is CCNC(=NCc1c(O)ccc2c1CCCC2)NCCNC(=O)OC(C)(C)C.I. The first-order valence-electron chi connectivity index (χ1n) is 10.1. The van der Waals surface area contributed by atoms with Crippen LogP contribution in [0.4, 0.5) is 4.79 Å². The summed E-state index contributed by atoms with van der Waals surface area (Å²) < 4.78 is 5.21. The molecule has 0 heterocycles. The van der Waals surface area contributed by atoms with Crippen LogP contribution < -0.4 is 16.0 Å². The van der Waals surface area contributed by atoms with Gasteiger partial charge in [0.25, 0.3) is 0 Å². The number of ether oxygens (including phenoxy) is 1. The predicted molar refractivity (Wildman–Crippen MR) is 127 cm³/mol. The van der Waals surface area contributed by atoms with Crippen LogP contribution in [0.3, 0.4) is 0 Å². The van der Waals surface area contributed by atoms with Gasteiger partial charge in [0, 0.05) is 25.2 Å². The highest BCUT2D eigenvalue weighted by Crippen LogP contribution is 2.30. The number of benzene rings is 1. The van der Waals surface area contributed by atoms with Crippen molar-refractivity contribution < 1.29 is 14.6 Å². The fraction of sp³-hybridized carbons (Fsp3) is 0.619. The van der Waals surface area contributed by atoms with E-state index in [-0.39, 0.29) is 24.0 Å². The molecule has 0 aromatic heterocycles. The first-order valence-corrected chi connectivity index (χ1v) is 10.1. The first-order chi connectivity index (χ1) is 13.3. The van der Waals surface area contributed by atoms with Crippen molar-refractivity contribution in [2.75, 3.05) is 19.6 Å². The minimum Gasteiger partial charge on any atom is -0.508 e. The van der Waals surface area contributed by atoms with E-state index in [9.17, 15) is 9.90 Å². The monoisotopic (exact) mass is 518 g/mol. The number of hydrogen-bond acceptors (Lipinski definition) is 4. The molecule has 4 N–H and O–H groups in total. The first kappa shape index (κ1) is 25.3. The van der Waals surface area contributed by atoms with Crippen LogP contribution in [-0.4, -0.2) is 42.4 Å². The van der Waals surface area contributed by atoms with Crippen molar-refractivity contribution in [1.29, 1.82) is 0 Å². The van der Waals surface area contributed by atoms with Crippen molar-refractivity contribution >= 4 is 36.0 Å². The third-order valence-electron chi connectivity index (χ3n) is 4.45. The number of aromatic hydroxyl groups is 1. The van der Waals surface area contributed by atoms with Gasteiger partial charge in [-0.3, -0.25) is 0 Å². The van der Waals surface area contributed by atoms with E-state index in [1.54, 1.807) is 6.07 Å². The molecule has 0 atom stereocenters. The van der Waals surface area contributed by atoms with E-state index in [1.165, 1.54) is 17.5 Å². The number of aryl methyl sites for hydroxylation is 1. The van der Waals surface area contributed by atoms with Gasteiger partial charge < -0.3 is 25.8 Å². The van der Waals surface area contributed by atoms with Gasteiger partial charge in [-0.15, -0.1) is 24.0 Å². The lowest BCUT2D eigenvalue weighted by Gasteiger charge is -2.20. The number of guanidine groups is 1. The molecule has 0 aliphatic heterocycles. The molecule has 0 unspecified atom stereocenters. The number of phenolic OH excluding ortho intramolecular Hbond substituents is 1. The van der Waals surface area contributed by atoms with Crippen LogP contribution >= 0.6 is 24.0 Å². The number of halogens is 1. The molecule has 29 heavy (non-hydrogen) atoms. The summed E-state index contributed by atoms with van der Waals surface area (Å²) in [6, 6.07) is 3.81. The standard InChI is InChI=1S/C21H34N4O3.HI/c1-5-22-19(23-12-13-24-20(27)28-21(2,3)4)25-14-17-16-9-7-6-8-15(16)10-11-18(17)26;/h10-11,26H,5-9,12-14H2,1-4H3,(H,24,27)(H2,22,23,25);1H. The zero-order chi connectivity index (χ0) is 20.6. The molecule has 164 valence electrons. The second kappa shape index (κ2) is 12.1. The summed E-state index contributed by atoms with van der Waals surface area (Å²) in [4.78, 5) is 16.3. The number of nitrogens with one attached hydrogen (secondary N) is 3. The minimum atomic E-state index is -0.509. The largest absolute Gasteiger partial charge is 0.508 e. The van der Waals surface area contributed by atoms with Gasteiger partial charge in [0.05, 0.1) is 6.54 Å². The number of carbonyl (C=O) groups is 1. The van der Waals surface area contributed by atoms with Gasteiger partial charge in [0.15, 0.2) is 5.96 Å². The van der Waals surface area contributed by atoms with Gasteiger partial charge in [-0.2, -0.15) is 0 Å². The molecule has 7 nitrogen and oxygen atoms in total. The normalized spacial score (nSPS) is 13.7. The third-order valence-corrected chi connectivity index (χ3v) is 4.45. The van der Waals surface area contributed by atoms with Crippen LogP contribution in [-0.2, 0) is 24.1 Å². The fourth-order valence-corrected chi connectivity index (χ4v) is 3.23. The molecular weight excluding hydrogens is 483 g/mol. The van der Waals surface area contributed by atoms with Gasteiger partial charge in [0.1, 0.15) is 11.4 Å². The van der Waals surface area contributed by atoms with Crippen molar-refractivity contribution in [1.82, 2.24) is 16.0 Å². The average molecular weight is 518 g/mol. The van der Waals surface area contributed by atoms with Crippen LogP contribution in [0.1, 0.15) is 57.2 Å². The van der Waals surface area contributed by atoms with Crippen molar-refractivity contribution in [3.05, 3.63) is 28.8 Å². The highest BCUT2D eigenvalue weighted by molar-refractivity contribution is 14.0. The Hall–Kier alpha value is -1.71. The summed E-state index contributed by atoms with van der Waals surface area (Å²) in [5.74, 6) is 0.966. The smallest absolute Gasteiger partial charge is 0.407 e. The number of hydrogen-bond donors (Lipinski definition) is 4. The number of rotatable bonds is 6. The summed E-state index contributed by atoms with van der Waals surface area (Å²) >= 11 is 0. The molecule has 8 heteroatoms. The van der Waals surface area contributed by atoms with Gasteiger partial charge in [-0.25, -0.2) is 9.79 Å². The molecule has 0 bridgehead atoms. The molecule has 2 rings (SSSR count). The van der Waals surface area contributed by atoms with E-state index in [0.29, 0.717) is 31.3 Å². The number of carbonyl (C=O) groups excluding carboxylic acids is 1. The summed E-state index contributed by atoms with van der Waals surface area (Å²) in [5, 5.41) is 19.4. The minimum absolute atomic E-state index is 0. The van der Waals surface area contributed by atoms with E-state index < -0.39 is 11.7 Å². The third kappa shape index (κ3) is 8.67. The van der Waals surface area contributed by atoms with Crippen molar-refractivity contribution in [2.24, 2.45) is 4.99 Å². The van der Waals surface area contributed by atoms with E-state index in [4.69, 9.17) is 4.74 Å². The molecule has 0 saturated carbocycles. The number of amides is 1. The fourth-order valence-electron chi connectivity index (χ4n) is 3.23. The summed E-state index contributed by atoms with van der Waals surface area (Å²) in [6.45, 7) is 9.58. The summed E-state index contributed by atoms with van der Waals surface area (Å²) in [5.41, 5.74) is 2.98. The Balaban J connectivity index is 0.00000420. The molecule has 1 aliphatic carbocycles. The zero-order valence-corrected chi connectivity index (χ0v) is 20.3. The lowest BCUT2D eigenvalue weighted by molar-refractivity contribution is 0.0529. The predicted octanol–water partition coefficient (Wildman–Crippen LogP) is 3.47. The number of phenols is 1.